The SMILES string of the molecule is Cc1cc(C(F)(F)F)nn1CC(=O)Nc1cncc(C(=O)c2cn(C(C)(CO)CO)c3ncncc23)c1. The molecule has 0 unspecified atom stereocenters. The Kier molecular flexibility index (Phi) is 6.80. The van der Waals surface area contributed by atoms with Gasteiger partial charge < -0.3 is 20.1 Å². The number of anilines is 1. The highest BCUT2D eigenvalue weighted by atomic mass is 19.4. The second kappa shape index (κ2) is 9.71. The summed E-state index contributed by atoms with van der Waals surface area (Å²) < 4.78 is 41.1. The van der Waals surface area contributed by atoms with Gasteiger partial charge in [0, 0.05) is 35.2 Å². The minimum atomic E-state index is -4.63. The number of alkyl halides is 3. The molecule has 0 saturated heterocycles. The molecular weight excluding hydrogens is 495 g/mol. The fourth-order valence-corrected chi connectivity index (χ4v) is 3.69. The average Bonchev–Trinajstić information content (AvgIpc) is 3.44. The van der Waals surface area contributed by atoms with Crippen LogP contribution in [-0.2, 0) is 23.1 Å². The number of carbonyl (C=O) groups is 2. The fraction of sp³-hybridized carbons (Fsp3) is 0.304. The molecule has 11 nitrogen and oxygen atoms in total. The van der Waals surface area contributed by atoms with E-state index in [4.69, 9.17) is 0 Å². The van der Waals surface area contributed by atoms with Gasteiger partial charge in [0.25, 0.3) is 0 Å². The highest BCUT2D eigenvalue weighted by Crippen LogP contribution is 2.29. The monoisotopic (exact) mass is 517 g/mol. The molecule has 0 aliphatic rings. The standard InChI is InChI=1S/C23H22F3N7O4/c1-13-3-18(23(24,25)26)31-33(13)9-19(36)30-15-4-14(5-27-6-15)20(37)17-8-32(22(2,10-34)11-35)21-16(17)7-28-12-29-21/h3-8,12,34-35H,9-11H2,1-2H3,(H,30,36). The molecule has 3 N–H and O–H groups in total. The number of rotatable bonds is 8. The highest BCUT2D eigenvalue weighted by molar-refractivity contribution is 6.16. The number of nitrogens with zero attached hydrogens (tertiary/aromatic N) is 6. The molecule has 4 aromatic heterocycles. The lowest BCUT2D eigenvalue weighted by Crippen LogP contribution is -2.37. The normalized spacial score (nSPS) is 12.2. The Labute approximate surface area is 207 Å². The molecule has 4 rings (SSSR count). The Bertz CT molecular complexity index is 1470. The fourth-order valence-electron chi connectivity index (χ4n) is 3.69. The maximum Gasteiger partial charge on any atom is 0.435 e. The third kappa shape index (κ3) is 5.06. The van der Waals surface area contributed by atoms with Crippen molar-refractivity contribution in [3.8, 4) is 0 Å². The molecule has 14 heteroatoms. The van der Waals surface area contributed by atoms with E-state index in [0.717, 1.165) is 10.7 Å². The Balaban J connectivity index is 1.59. The Hall–Kier alpha value is -4.17. The minimum Gasteiger partial charge on any atom is -0.394 e. The molecule has 4 aromatic rings. The van der Waals surface area contributed by atoms with Crippen LogP contribution >= 0.6 is 0 Å². The average molecular weight is 517 g/mol. The molecule has 0 aliphatic carbocycles. The number of hydrogen-bond acceptors (Lipinski definition) is 8. The topological polar surface area (TPSA) is 148 Å². The van der Waals surface area contributed by atoms with Gasteiger partial charge in [-0.3, -0.25) is 19.3 Å². The van der Waals surface area contributed by atoms with Gasteiger partial charge in [-0.1, -0.05) is 0 Å². The van der Waals surface area contributed by atoms with E-state index in [-0.39, 0.29) is 22.5 Å². The molecule has 4 heterocycles. The summed E-state index contributed by atoms with van der Waals surface area (Å²) in [5.74, 6) is -1.16. The number of pyridine rings is 1. The summed E-state index contributed by atoms with van der Waals surface area (Å²) in [5.41, 5.74) is -1.34. The van der Waals surface area contributed by atoms with Crippen LogP contribution in [0.1, 0.15) is 34.2 Å². The zero-order valence-electron chi connectivity index (χ0n) is 19.7. The third-order valence-corrected chi connectivity index (χ3v) is 5.82. The van der Waals surface area contributed by atoms with Gasteiger partial charge in [-0.2, -0.15) is 18.3 Å². The van der Waals surface area contributed by atoms with E-state index in [1.54, 1.807) is 6.92 Å². The van der Waals surface area contributed by atoms with Gasteiger partial charge in [0.15, 0.2) is 11.5 Å². The highest BCUT2D eigenvalue weighted by Gasteiger charge is 2.34. The number of fused-ring (bicyclic) bond motifs is 1. The molecule has 0 bridgehead atoms. The van der Waals surface area contributed by atoms with E-state index in [1.807, 2.05) is 0 Å². The lowest BCUT2D eigenvalue weighted by Gasteiger charge is -2.27. The van der Waals surface area contributed by atoms with Crippen molar-refractivity contribution in [2.24, 2.45) is 0 Å². The molecule has 0 fully saturated rings. The number of aliphatic hydroxyl groups is 2. The number of carbonyl (C=O) groups excluding carboxylic acids is 2. The van der Waals surface area contributed by atoms with Gasteiger partial charge in [0.2, 0.25) is 5.91 Å². The van der Waals surface area contributed by atoms with E-state index < -0.39 is 48.9 Å². The largest absolute Gasteiger partial charge is 0.435 e. The van der Waals surface area contributed by atoms with Gasteiger partial charge in [0.1, 0.15) is 18.5 Å². The van der Waals surface area contributed by atoms with Crippen molar-refractivity contribution in [3.63, 3.8) is 0 Å². The van der Waals surface area contributed by atoms with Gasteiger partial charge in [-0.05, 0) is 26.0 Å². The summed E-state index contributed by atoms with van der Waals surface area (Å²) >= 11 is 0. The van der Waals surface area contributed by atoms with E-state index in [9.17, 15) is 33.0 Å². The smallest absolute Gasteiger partial charge is 0.394 e. The van der Waals surface area contributed by atoms with Crippen LogP contribution in [0.2, 0.25) is 0 Å². The maximum atomic E-state index is 13.4. The van der Waals surface area contributed by atoms with Crippen molar-refractivity contribution in [1.29, 1.82) is 0 Å². The van der Waals surface area contributed by atoms with Crippen molar-refractivity contribution in [2.75, 3.05) is 18.5 Å². The van der Waals surface area contributed by atoms with Crippen LogP contribution in [0.25, 0.3) is 11.0 Å². The summed E-state index contributed by atoms with van der Waals surface area (Å²) in [5, 5.41) is 26.0. The molecule has 1 amide bonds. The van der Waals surface area contributed by atoms with Crippen LogP contribution < -0.4 is 5.32 Å². The van der Waals surface area contributed by atoms with E-state index in [0.29, 0.717) is 11.0 Å². The van der Waals surface area contributed by atoms with Gasteiger partial charge >= 0.3 is 6.18 Å². The first kappa shape index (κ1) is 25.9. The van der Waals surface area contributed by atoms with Crippen molar-refractivity contribution < 1.29 is 33.0 Å². The van der Waals surface area contributed by atoms with Crippen LogP contribution in [0.3, 0.4) is 0 Å². The second-order valence-corrected chi connectivity index (χ2v) is 8.65. The van der Waals surface area contributed by atoms with E-state index >= 15 is 0 Å². The van der Waals surface area contributed by atoms with Crippen LogP contribution in [0.5, 0.6) is 0 Å². The Morgan fingerprint density at radius 3 is 2.46 bits per heavy atom. The van der Waals surface area contributed by atoms with Crippen molar-refractivity contribution in [3.05, 3.63) is 65.8 Å². The predicted octanol–water partition coefficient (Wildman–Crippen LogP) is 1.92. The number of aromatic nitrogens is 6. The Morgan fingerprint density at radius 1 is 1.08 bits per heavy atom. The number of aliphatic hydroxyl groups excluding tert-OH is 2. The number of ketones is 1. The summed E-state index contributed by atoms with van der Waals surface area (Å²) in [4.78, 5) is 38.0. The van der Waals surface area contributed by atoms with Gasteiger partial charge in [-0.25, -0.2) is 9.97 Å². The number of hydrogen-bond donors (Lipinski definition) is 3. The first-order chi connectivity index (χ1) is 17.5. The second-order valence-electron chi connectivity index (χ2n) is 8.65. The lowest BCUT2D eigenvalue weighted by atomic mass is 10.0. The molecule has 0 aliphatic heterocycles. The minimum absolute atomic E-state index is 0.102. The van der Waals surface area contributed by atoms with Gasteiger partial charge in [0.05, 0.1) is 36.2 Å². The quantitative estimate of drug-likeness (QED) is 0.300. The summed E-state index contributed by atoms with van der Waals surface area (Å²) in [6.07, 6.45) is 2.10. The number of nitrogens with one attached hydrogen (secondary N) is 1. The molecule has 0 saturated carbocycles. The maximum absolute atomic E-state index is 13.4. The molecular formula is C23H22F3N7O4. The number of aryl methyl sites for hydroxylation is 1. The summed E-state index contributed by atoms with van der Waals surface area (Å²) in [7, 11) is 0. The van der Waals surface area contributed by atoms with E-state index in [2.05, 4.69) is 25.4 Å². The van der Waals surface area contributed by atoms with Crippen LogP contribution in [0.15, 0.2) is 43.2 Å². The molecule has 0 radical (unpaired) electrons. The predicted molar refractivity (Wildman–Crippen MR) is 124 cm³/mol. The van der Waals surface area contributed by atoms with Gasteiger partial charge in [-0.15, -0.1) is 0 Å². The van der Waals surface area contributed by atoms with Crippen molar-refractivity contribution >= 4 is 28.4 Å². The molecule has 37 heavy (non-hydrogen) atoms. The van der Waals surface area contributed by atoms with Crippen LogP contribution in [0.4, 0.5) is 18.9 Å². The molecule has 194 valence electrons. The zero-order chi connectivity index (χ0) is 27.0. The van der Waals surface area contributed by atoms with Crippen LogP contribution in [0, 0.1) is 6.92 Å². The zero-order valence-corrected chi connectivity index (χ0v) is 19.7. The van der Waals surface area contributed by atoms with Crippen molar-refractivity contribution in [1.82, 2.24) is 29.3 Å². The van der Waals surface area contributed by atoms with E-state index in [1.165, 1.54) is 48.7 Å². The Morgan fingerprint density at radius 2 is 1.81 bits per heavy atom. The third-order valence-electron chi connectivity index (χ3n) is 5.82. The number of amides is 1. The molecule has 0 aromatic carbocycles. The number of halogens is 3. The molecule has 0 atom stereocenters. The first-order valence-electron chi connectivity index (χ1n) is 10.9. The first-order valence-corrected chi connectivity index (χ1v) is 10.9. The van der Waals surface area contributed by atoms with Crippen molar-refractivity contribution in [2.45, 2.75) is 32.1 Å². The van der Waals surface area contributed by atoms with Crippen LogP contribution in [-0.4, -0.2) is 64.4 Å². The molecule has 0 spiro atoms. The summed E-state index contributed by atoms with van der Waals surface area (Å²) in [6.45, 7) is 1.67. The summed E-state index contributed by atoms with van der Waals surface area (Å²) in [6, 6.07) is 2.21. The lowest BCUT2D eigenvalue weighted by molar-refractivity contribution is -0.141.